The fourth-order valence-corrected chi connectivity index (χ4v) is 4.31. The van der Waals surface area contributed by atoms with Crippen LogP contribution in [0.4, 0.5) is 0 Å². The van der Waals surface area contributed by atoms with Crippen LogP contribution in [0.3, 0.4) is 0 Å². The van der Waals surface area contributed by atoms with Crippen LogP contribution >= 0.6 is 0 Å². The van der Waals surface area contributed by atoms with Crippen LogP contribution in [0.25, 0.3) is 22.5 Å². The number of aliphatic hydroxyl groups is 1. The number of likely N-dealkylation sites (N-methyl/N-ethyl adjacent to an activating group) is 1. The number of aromatic nitrogens is 2. The molecule has 1 atom stereocenters. The van der Waals surface area contributed by atoms with Gasteiger partial charge in [0.15, 0.2) is 5.76 Å². The van der Waals surface area contributed by atoms with E-state index in [0.717, 1.165) is 40.7 Å². The first-order chi connectivity index (χ1) is 16.1. The van der Waals surface area contributed by atoms with Gasteiger partial charge in [0.25, 0.3) is 0 Å². The molecule has 1 aromatic carbocycles. The molecule has 0 unspecified atom stereocenters. The molecular formula is C26H28N4O3. The van der Waals surface area contributed by atoms with E-state index >= 15 is 0 Å². The molecule has 0 radical (unpaired) electrons. The van der Waals surface area contributed by atoms with Crippen molar-refractivity contribution in [3.8, 4) is 11.5 Å². The number of hydrogen-bond acceptors (Lipinski definition) is 5. The van der Waals surface area contributed by atoms with E-state index in [1.807, 2.05) is 66.2 Å². The van der Waals surface area contributed by atoms with Gasteiger partial charge in [-0.15, -0.1) is 0 Å². The summed E-state index contributed by atoms with van der Waals surface area (Å²) in [5, 5.41) is 14.8. The molecule has 170 valence electrons. The Morgan fingerprint density at radius 2 is 2.03 bits per heavy atom. The predicted octanol–water partition coefficient (Wildman–Crippen LogP) is 3.74. The lowest BCUT2D eigenvalue weighted by molar-refractivity contribution is -0.121. The van der Waals surface area contributed by atoms with Crippen LogP contribution in [-0.4, -0.2) is 45.1 Å². The van der Waals surface area contributed by atoms with Gasteiger partial charge in [0.05, 0.1) is 18.1 Å². The SMILES string of the molecule is CN(Cc1c(-c2ccco2)n(CC(=O)NC2CC2)c2ncccc12)C[C@H](O)c1ccccc1. The van der Waals surface area contributed by atoms with Crippen molar-refractivity contribution in [2.45, 2.75) is 38.1 Å². The number of nitrogens with one attached hydrogen (secondary N) is 1. The number of carbonyl (C=O) groups excluding carboxylic acids is 1. The number of carbonyl (C=O) groups is 1. The average Bonchev–Trinajstić information content (AvgIpc) is 3.37. The van der Waals surface area contributed by atoms with Crippen molar-refractivity contribution in [1.82, 2.24) is 19.8 Å². The van der Waals surface area contributed by atoms with Gasteiger partial charge in [0, 0.05) is 36.3 Å². The predicted molar refractivity (Wildman–Crippen MR) is 126 cm³/mol. The average molecular weight is 445 g/mol. The molecule has 1 aliphatic carbocycles. The Hall–Kier alpha value is -3.42. The van der Waals surface area contributed by atoms with Gasteiger partial charge in [-0.3, -0.25) is 9.69 Å². The second-order valence-corrected chi connectivity index (χ2v) is 8.73. The Kier molecular flexibility index (Phi) is 5.98. The Labute approximate surface area is 192 Å². The van der Waals surface area contributed by atoms with Crippen molar-refractivity contribution in [1.29, 1.82) is 0 Å². The molecule has 0 bridgehead atoms. The van der Waals surface area contributed by atoms with Gasteiger partial charge in [-0.1, -0.05) is 30.3 Å². The minimum absolute atomic E-state index is 0.0211. The van der Waals surface area contributed by atoms with Gasteiger partial charge in [0.2, 0.25) is 5.91 Å². The van der Waals surface area contributed by atoms with Crippen molar-refractivity contribution in [2.24, 2.45) is 0 Å². The normalized spacial score (nSPS) is 14.6. The number of furan rings is 1. The van der Waals surface area contributed by atoms with Crippen LogP contribution < -0.4 is 5.32 Å². The smallest absolute Gasteiger partial charge is 0.240 e. The number of benzene rings is 1. The van der Waals surface area contributed by atoms with Crippen LogP contribution in [0.1, 0.15) is 30.1 Å². The maximum atomic E-state index is 12.7. The van der Waals surface area contributed by atoms with E-state index < -0.39 is 6.10 Å². The van der Waals surface area contributed by atoms with Gasteiger partial charge >= 0.3 is 0 Å². The lowest BCUT2D eigenvalue weighted by Gasteiger charge is -2.21. The summed E-state index contributed by atoms with van der Waals surface area (Å²) in [5.41, 5.74) is 3.51. The maximum absolute atomic E-state index is 12.7. The van der Waals surface area contributed by atoms with Gasteiger partial charge in [-0.25, -0.2) is 4.98 Å². The molecule has 5 rings (SSSR count). The van der Waals surface area contributed by atoms with Crippen LogP contribution in [0.15, 0.2) is 71.5 Å². The van der Waals surface area contributed by atoms with Crippen LogP contribution in [0.2, 0.25) is 0 Å². The first-order valence-corrected chi connectivity index (χ1v) is 11.3. The second-order valence-electron chi connectivity index (χ2n) is 8.73. The zero-order valence-corrected chi connectivity index (χ0v) is 18.6. The van der Waals surface area contributed by atoms with Crippen LogP contribution in [0.5, 0.6) is 0 Å². The zero-order chi connectivity index (χ0) is 22.8. The fraction of sp³-hybridized carbons (Fsp3) is 0.308. The molecule has 1 fully saturated rings. The molecule has 33 heavy (non-hydrogen) atoms. The largest absolute Gasteiger partial charge is 0.463 e. The van der Waals surface area contributed by atoms with E-state index in [1.165, 1.54) is 0 Å². The lowest BCUT2D eigenvalue weighted by atomic mass is 10.1. The van der Waals surface area contributed by atoms with E-state index in [4.69, 9.17) is 4.42 Å². The summed E-state index contributed by atoms with van der Waals surface area (Å²) in [6.45, 7) is 1.21. The summed E-state index contributed by atoms with van der Waals surface area (Å²) in [4.78, 5) is 19.4. The monoisotopic (exact) mass is 444 g/mol. The second kappa shape index (κ2) is 9.21. The summed E-state index contributed by atoms with van der Waals surface area (Å²) in [6, 6.07) is 17.7. The summed E-state index contributed by atoms with van der Waals surface area (Å²) in [5.74, 6) is 0.673. The molecule has 4 aromatic rings. The minimum atomic E-state index is -0.598. The Morgan fingerprint density at radius 3 is 2.76 bits per heavy atom. The molecule has 0 saturated heterocycles. The number of rotatable bonds is 9. The number of hydrogen-bond donors (Lipinski definition) is 2. The highest BCUT2D eigenvalue weighted by atomic mass is 16.3. The Bertz CT molecular complexity index is 1230. The highest BCUT2D eigenvalue weighted by molar-refractivity contribution is 5.90. The van der Waals surface area contributed by atoms with Crippen molar-refractivity contribution in [3.05, 3.63) is 78.2 Å². The zero-order valence-electron chi connectivity index (χ0n) is 18.6. The van der Waals surface area contributed by atoms with Crippen molar-refractivity contribution >= 4 is 16.9 Å². The first kappa shape index (κ1) is 21.4. The van der Waals surface area contributed by atoms with Crippen molar-refractivity contribution < 1.29 is 14.3 Å². The molecule has 7 nitrogen and oxygen atoms in total. The highest BCUT2D eigenvalue weighted by Crippen LogP contribution is 2.34. The Morgan fingerprint density at radius 1 is 1.21 bits per heavy atom. The van der Waals surface area contributed by atoms with Gasteiger partial charge in [-0.05, 0) is 49.7 Å². The molecule has 3 aromatic heterocycles. The fourth-order valence-electron chi connectivity index (χ4n) is 4.31. The van der Waals surface area contributed by atoms with Gasteiger partial charge in [-0.2, -0.15) is 0 Å². The van der Waals surface area contributed by atoms with E-state index in [1.54, 1.807) is 12.5 Å². The third kappa shape index (κ3) is 4.69. The number of fused-ring (bicyclic) bond motifs is 1. The number of amides is 1. The molecule has 1 amide bonds. The maximum Gasteiger partial charge on any atom is 0.240 e. The molecule has 0 aliphatic heterocycles. The third-order valence-corrected chi connectivity index (χ3v) is 6.02. The van der Waals surface area contributed by atoms with E-state index in [-0.39, 0.29) is 12.5 Å². The lowest BCUT2D eigenvalue weighted by Crippen LogP contribution is -2.29. The molecular weight excluding hydrogens is 416 g/mol. The van der Waals surface area contributed by atoms with Crippen LogP contribution in [-0.2, 0) is 17.9 Å². The highest BCUT2D eigenvalue weighted by Gasteiger charge is 2.27. The minimum Gasteiger partial charge on any atom is -0.463 e. The Balaban J connectivity index is 1.49. The van der Waals surface area contributed by atoms with Gasteiger partial charge < -0.3 is 19.4 Å². The molecule has 2 N–H and O–H groups in total. The summed E-state index contributed by atoms with van der Waals surface area (Å²) >= 11 is 0. The topological polar surface area (TPSA) is 83.5 Å². The van der Waals surface area contributed by atoms with Crippen molar-refractivity contribution in [3.63, 3.8) is 0 Å². The van der Waals surface area contributed by atoms with E-state index in [2.05, 4.69) is 15.2 Å². The number of nitrogens with zero attached hydrogens (tertiary/aromatic N) is 3. The van der Waals surface area contributed by atoms with E-state index in [9.17, 15) is 9.90 Å². The molecule has 0 spiro atoms. The number of aliphatic hydroxyl groups excluding tert-OH is 1. The molecule has 1 saturated carbocycles. The standard InChI is InChI=1S/C26H28N4O3/c1-29(16-22(31)18-7-3-2-4-8-18)15-21-20-9-5-13-27-26(20)30(17-24(32)28-19-11-12-19)25(21)23-10-6-14-33-23/h2-10,13-14,19,22,31H,11-12,15-17H2,1H3,(H,28,32)/t22-/m0/s1. The van der Waals surface area contributed by atoms with E-state index in [0.29, 0.717) is 24.9 Å². The summed E-state index contributed by atoms with van der Waals surface area (Å²) < 4.78 is 7.74. The number of pyridine rings is 1. The summed E-state index contributed by atoms with van der Waals surface area (Å²) in [7, 11) is 1.98. The van der Waals surface area contributed by atoms with Crippen LogP contribution in [0, 0.1) is 0 Å². The molecule has 7 heteroatoms. The molecule has 1 aliphatic rings. The molecule has 3 heterocycles. The van der Waals surface area contributed by atoms with Gasteiger partial charge in [0.1, 0.15) is 12.2 Å². The summed E-state index contributed by atoms with van der Waals surface area (Å²) in [6.07, 6.45) is 4.87. The quantitative estimate of drug-likeness (QED) is 0.411. The van der Waals surface area contributed by atoms with Crippen molar-refractivity contribution in [2.75, 3.05) is 13.6 Å². The first-order valence-electron chi connectivity index (χ1n) is 11.3. The third-order valence-electron chi connectivity index (χ3n) is 6.02.